The molecule has 5 heteroatoms. The van der Waals surface area contributed by atoms with E-state index in [1.165, 1.54) is 17.4 Å². The van der Waals surface area contributed by atoms with Crippen molar-refractivity contribution >= 4 is 27.3 Å². The van der Waals surface area contributed by atoms with Gasteiger partial charge in [-0.1, -0.05) is 12.1 Å². The lowest BCUT2D eigenvalue weighted by Gasteiger charge is -2.27. The normalized spacial score (nSPS) is 16.0. The Morgan fingerprint density at radius 3 is 2.79 bits per heavy atom. The molecule has 1 saturated heterocycles. The zero-order chi connectivity index (χ0) is 13.4. The maximum Gasteiger partial charge on any atom is 0.264 e. The summed E-state index contributed by atoms with van der Waals surface area (Å²) in [6, 6.07) is 5.01. The fourth-order valence-electron chi connectivity index (χ4n) is 2.42. The molecule has 0 saturated carbocycles. The van der Waals surface area contributed by atoms with Gasteiger partial charge in [-0.2, -0.15) is 0 Å². The van der Waals surface area contributed by atoms with Crippen molar-refractivity contribution in [2.24, 2.45) is 0 Å². The lowest BCUT2D eigenvalue weighted by Crippen LogP contribution is -2.46. The van der Waals surface area contributed by atoms with E-state index in [9.17, 15) is 9.18 Å². The summed E-state index contributed by atoms with van der Waals surface area (Å²) < 4.78 is 14.3. The second kappa shape index (κ2) is 4.90. The molecule has 1 aromatic carbocycles. The molecule has 0 bridgehead atoms. The van der Waals surface area contributed by atoms with E-state index in [-0.39, 0.29) is 11.7 Å². The molecule has 19 heavy (non-hydrogen) atoms. The molecule has 0 radical (unpaired) electrons. The fraction of sp³-hybridized carbons (Fsp3) is 0.357. The number of rotatable bonds is 1. The highest BCUT2D eigenvalue weighted by atomic mass is 32.1. The number of halogens is 1. The Labute approximate surface area is 115 Å². The first-order valence-corrected chi connectivity index (χ1v) is 7.18. The quantitative estimate of drug-likeness (QED) is 0.868. The van der Waals surface area contributed by atoms with Crippen LogP contribution >= 0.6 is 11.3 Å². The molecule has 1 aromatic heterocycles. The molecule has 3 nitrogen and oxygen atoms in total. The maximum absolute atomic E-state index is 13.8. The van der Waals surface area contributed by atoms with Crippen LogP contribution in [0.25, 0.3) is 10.1 Å². The number of carbonyl (C=O) groups is 1. The molecule has 2 aromatic rings. The molecule has 2 heterocycles. The van der Waals surface area contributed by atoms with Gasteiger partial charge in [0, 0.05) is 26.2 Å². The van der Waals surface area contributed by atoms with Crippen molar-refractivity contribution in [3.63, 3.8) is 0 Å². The van der Waals surface area contributed by atoms with E-state index in [1.807, 2.05) is 17.9 Å². The van der Waals surface area contributed by atoms with Gasteiger partial charge in [0.05, 0.1) is 9.58 Å². The zero-order valence-electron chi connectivity index (χ0n) is 10.7. The average molecular weight is 278 g/mol. The Morgan fingerprint density at radius 1 is 1.37 bits per heavy atom. The lowest BCUT2D eigenvalue weighted by atomic mass is 10.1. The SMILES string of the molecule is Cc1c(C(=O)N2CCNCC2)sc2c(F)cccc12. The van der Waals surface area contributed by atoms with E-state index in [4.69, 9.17) is 0 Å². The average Bonchev–Trinajstić information content (AvgIpc) is 2.78. The van der Waals surface area contributed by atoms with Crippen LogP contribution in [-0.2, 0) is 0 Å². The number of nitrogens with one attached hydrogen (secondary N) is 1. The number of thiophene rings is 1. The Kier molecular flexibility index (Phi) is 3.24. The molecule has 1 aliphatic heterocycles. The summed E-state index contributed by atoms with van der Waals surface area (Å²) in [7, 11) is 0. The monoisotopic (exact) mass is 278 g/mol. The van der Waals surface area contributed by atoms with Crippen molar-refractivity contribution in [1.29, 1.82) is 0 Å². The summed E-state index contributed by atoms with van der Waals surface area (Å²) in [5.41, 5.74) is 0.892. The van der Waals surface area contributed by atoms with Crippen molar-refractivity contribution in [2.45, 2.75) is 6.92 Å². The van der Waals surface area contributed by atoms with Gasteiger partial charge in [-0.15, -0.1) is 11.3 Å². The van der Waals surface area contributed by atoms with Gasteiger partial charge < -0.3 is 10.2 Å². The smallest absolute Gasteiger partial charge is 0.264 e. The maximum atomic E-state index is 13.8. The number of hydrogen-bond donors (Lipinski definition) is 1. The Bertz CT molecular complexity index is 632. The van der Waals surface area contributed by atoms with Crippen LogP contribution in [0.1, 0.15) is 15.2 Å². The van der Waals surface area contributed by atoms with Crippen molar-refractivity contribution in [2.75, 3.05) is 26.2 Å². The van der Waals surface area contributed by atoms with Crippen molar-refractivity contribution in [3.8, 4) is 0 Å². The fourth-order valence-corrected chi connectivity index (χ4v) is 3.60. The first-order valence-electron chi connectivity index (χ1n) is 6.36. The third kappa shape index (κ3) is 2.13. The Hall–Kier alpha value is -1.46. The molecule has 1 fully saturated rings. The van der Waals surface area contributed by atoms with Crippen molar-refractivity contribution in [3.05, 3.63) is 34.5 Å². The number of nitrogens with zero attached hydrogens (tertiary/aromatic N) is 1. The number of amides is 1. The molecule has 0 atom stereocenters. The highest BCUT2D eigenvalue weighted by Crippen LogP contribution is 2.33. The molecule has 100 valence electrons. The van der Waals surface area contributed by atoms with Gasteiger partial charge >= 0.3 is 0 Å². The summed E-state index contributed by atoms with van der Waals surface area (Å²) in [5.74, 6) is -0.218. The van der Waals surface area contributed by atoms with Crippen molar-refractivity contribution in [1.82, 2.24) is 10.2 Å². The highest BCUT2D eigenvalue weighted by molar-refractivity contribution is 7.21. The first kappa shape index (κ1) is 12.6. The van der Waals surface area contributed by atoms with Gasteiger partial charge in [-0.05, 0) is 23.9 Å². The number of benzene rings is 1. The Balaban J connectivity index is 2.02. The molecule has 0 spiro atoms. The number of carbonyl (C=O) groups excluding carboxylic acids is 1. The second-order valence-electron chi connectivity index (χ2n) is 4.71. The molecule has 1 amide bonds. The minimum absolute atomic E-state index is 0.0274. The van der Waals surface area contributed by atoms with E-state index < -0.39 is 0 Å². The van der Waals surface area contributed by atoms with Gasteiger partial charge in [-0.3, -0.25) is 4.79 Å². The number of fused-ring (bicyclic) bond motifs is 1. The number of aryl methyl sites for hydroxylation is 1. The van der Waals surface area contributed by atoms with Crippen LogP contribution in [0.2, 0.25) is 0 Å². The van der Waals surface area contributed by atoms with Crippen LogP contribution in [0.15, 0.2) is 18.2 Å². The predicted octanol–water partition coefficient (Wildman–Crippen LogP) is 2.39. The minimum atomic E-state index is -0.245. The largest absolute Gasteiger partial charge is 0.335 e. The standard InChI is InChI=1S/C14H15FN2OS/c1-9-10-3-2-4-11(15)13(10)19-12(9)14(18)17-7-5-16-6-8-17/h2-4,16H,5-8H2,1H3. The number of piperazine rings is 1. The second-order valence-corrected chi connectivity index (χ2v) is 5.74. The summed E-state index contributed by atoms with van der Waals surface area (Å²) >= 11 is 1.27. The van der Waals surface area contributed by atoms with Crippen molar-refractivity contribution < 1.29 is 9.18 Å². The molecular formula is C14H15FN2OS. The molecule has 3 rings (SSSR count). The first-order chi connectivity index (χ1) is 9.18. The minimum Gasteiger partial charge on any atom is -0.335 e. The predicted molar refractivity (Wildman–Crippen MR) is 75.3 cm³/mol. The van der Waals surface area contributed by atoms with E-state index in [1.54, 1.807) is 6.07 Å². The van der Waals surface area contributed by atoms with Gasteiger partial charge in [0.2, 0.25) is 0 Å². The third-order valence-corrected chi connectivity index (χ3v) is 4.82. The van der Waals surface area contributed by atoms with Gasteiger partial charge in [0.25, 0.3) is 5.91 Å². The van der Waals surface area contributed by atoms with Gasteiger partial charge in [0.15, 0.2) is 0 Å². The lowest BCUT2D eigenvalue weighted by molar-refractivity contribution is 0.0740. The topological polar surface area (TPSA) is 32.3 Å². The summed E-state index contributed by atoms with van der Waals surface area (Å²) in [6.07, 6.45) is 0. The molecule has 0 aliphatic carbocycles. The van der Waals surface area contributed by atoms with Crippen LogP contribution in [-0.4, -0.2) is 37.0 Å². The van der Waals surface area contributed by atoms with Crippen LogP contribution in [0, 0.1) is 12.7 Å². The highest BCUT2D eigenvalue weighted by Gasteiger charge is 2.23. The van der Waals surface area contributed by atoms with Crippen LogP contribution < -0.4 is 5.32 Å². The number of hydrogen-bond acceptors (Lipinski definition) is 3. The van der Waals surface area contributed by atoms with Crippen LogP contribution in [0.5, 0.6) is 0 Å². The molecule has 1 N–H and O–H groups in total. The van der Waals surface area contributed by atoms with E-state index >= 15 is 0 Å². The summed E-state index contributed by atoms with van der Waals surface area (Å²) in [4.78, 5) is 15.0. The summed E-state index contributed by atoms with van der Waals surface area (Å²) in [5, 5.41) is 4.07. The summed E-state index contributed by atoms with van der Waals surface area (Å²) in [6.45, 7) is 4.98. The van der Waals surface area contributed by atoms with E-state index in [2.05, 4.69) is 5.32 Å². The van der Waals surface area contributed by atoms with Crippen LogP contribution in [0.3, 0.4) is 0 Å². The third-order valence-electron chi connectivity index (χ3n) is 3.51. The Morgan fingerprint density at radius 2 is 2.11 bits per heavy atom. The molecule has 1 aliphatic rings. The van der Waals surface area contributed by atoms with E-state index in [0.717, 1.165) is 37.1 Å². The van der Waals surface area contributed by atoms with E-state index in [0.29, 0.717) is 9.58 Å². The van der Waals surface area contributed by atoms with Crippen LogP contribution in [0.4, 0.5) is 4.39 Å². The zero-order valence-corrected chi connectivity index (χ0v) is 11.5. The molecular weight excluding hydrogens is 263 g/mol. The molecule has 0 unspecified atom stereocenters. The van der Waals surface area contributed by atoms with Gasteiger partial charge in [0.1, 0.15) is 5.82 Å². The van der Waals surface area contributed by atoms with Gasteiger partial charge in [-0.25, -0.2) is 4.39 Å².